The topological polar surface area (TPSA) is 85.1 Å². The molecule has 154 valence electrons. The van der Waals surface area contributed by atoms with Crippen molar-refractivity contribution in [1.29, 1.82) is 0 Å². The first kappa shape index (κ1) is 19.0. The second-order valence-corrected chi connectivity index (χ2v) is 8.49. The lowest BCUT2D eigenvalue weighted by molar-refractivity contribution is -0.119. The molecule has 7 nitrogen and oxygen atoms in total. The summed E-state index contributed by atoms with van der Waals surface area (Å²) in [6.07, 6.45) is 4.80. The highest BCUT2D eigenvalue weighted by Crippen LogP contribution is 2.49. The van der Waals surface area contributed by atoms with Crippen molar-refractivity contribution in [3.05, 3.63) is 35.9 Å². The van der Waals surface area contributed by atoms with E-state index in [-0.39, 0.29) is 5.13 Å². The first-order valence-corrected chi connectivity index (χ1v) is 10.5. The Balaban J connectivity index is 1.57. The molecule has 1 aliphatic rings. The molecule has 10 heteroatoms. The smallest absolute Gasteiger partial charge is 0.260 e. The van der Waals surface area contributed by atoms with Gasteiger partial charge < -0.3 is 5.32 Å². The molecule has 4 aromatic heterocycles. The maximum absolute atomic E-state index is 13.2. The molecule has 5 rings (SSSR count). The molecule has 0 aromatic carbocycles. The second-order valence-electron chi connectivity index (χ2n) is 7.51. The molecule has 1 amide bonds. The van der Waals surface area contributed by atoms with Crippen LogP contribution in [0.25, 0.3) is 27.1 Å². The molecule has 1 aliphatic carbocycles. The summed E-state index contributed by atoms with van der Waals surface area (Å²) in [7, 11) is 0. The van der Waals surface area contributed by atoms with Crippen LogP contribution in [0.4, 0.5) is 13.9 Å². The quantitative estimate of drug-likeness (QED) is 0.514. The van der Waals surface area contributed by atoms with Crippen LogP contribution in [0.15, 0.2) is 24.7 Å². The number of fused-ring (bicyclic) bond motifs is 3. The summed E-state index contributed by atoms with van der Waals surface area (Å²) in [6, 6.07) is 3.94. The maximum atomic E-state index is 13.2. The van der Waals surface area contributed by atoms with Crippen molar-refractivity contribution in [3.63, 3.8) is 0 Å². The SMILES string of the molecule is CCCc1cc(C)c(-c2cc3nc(NC(=O)C4CC4(F)F)sc3n3ncnc23)cn1. The van der Waals surface area contributed by atoms with Crippen LogP contribution >= 0.6 is 11.3 Å². The average molecular weight is 428 g/mol. The third-order valence-corrected chi connectivity index (χ3v) is 6.19. The zero-order valence-electron chi connectivity index (χ0n) is 16.3. The molecule has 0 bridgehead atoms. The Morgan fingerprint density at radius 2 is 2.13 bits per heavy atom. The van der Waals surface area contributed by atoms with Gasteiger partial charge in [-0.3, -0.25) is 9.78 Å². The van der Waals surface area contributed by atoms with E-state index < -0.39 is 24.2 Å². The molecular weight excluding hydrogens is 410 g/mol. The lowest BCUT2D eigenvalue weighted by Gasteiger charge is -2.09. The Labute approximate surface area is 174 Å². The Bertz CT molecular complexity index is 1300. The van der Waals surface area contributed by atoms with E-state index in [0.717, 1.165) is 35.2 Å². The van der Waals surface area contributed by atoms with Crippen LogP contribution in [0, 0.1) is 12.8 Å². The van der Waals surface area contributed by atoms with Gasteiger partial charge in [-0.05, 0) is 31.0 Å². The fourth-order valence-corrected chi connectivity index (χ4v) is 4.48. The number of thiazole rings is 1. The normalized spacial score (nSPS) is 17.5. The van der Waals surface area contributed by atoms with Crippen LogP contribution in [0.3, 0.4) is 0 Å². The Hall–Kier alpha value is -3.01. The van der Waals surface area contributed by atoms with Crippen molar-refractivity contribution in [3.8, 4) is 11.1 Å². The number of carbonyl (C=O) groups excluding carboxylic acids is 1. The summed E-state index contributed by atoms with van der Waals surface area (Å²) in [5.74, 6) is -4.90. The fourth-order valence-electron chi connectivity index (χ4n) is 3.58. The number of nitrogens with zero attached hydrogens (tertiary/aromatic N) is 5. The van der Waals surface area contributed by atoms with Gasteiger partial charge in [0.25, 0.3) is 5.92 Å². The number of carbonyl (C=O) groups is 1. The minimum Gasteiger partial charge on any atom is -0.301 e. The summed E-state index contributed by atoms with van der Waals surface area (Å²) in [6.45, 7) is 4.14. The molecule has 30 heavy (non-hydrogen) atoms. The van der Waals surface area contributed by atoms with E-state index in [2.05, 4.69) is 38.4 Å². The van der Waals surface area contributed by atoms with Gasteiger partial charge in [-0.25, -0.2) is 23.3 Å². The Morgan fingerprint density at radius 3 is 2.83 bits per heavy atom. The van der Waals surface area contributed by atoms with Crippen LogP contribution in [0.1, 0.15) is 31.0 Å². The molecule has 0 aliphatic heterocycles. The number of nitrogens with one attached hydrogen (secondary N) is 1. The highest BCUT2D eigenvalue weighted by molar-refractivity contribution is 7.22. The molecule has 4 aromatic rings. The van der Waals surface area contributed by atoms with E-state index in [1.165, 1.54) is 17.7 Å². The van der Waals surface area contributed by atoms with Gasteiger partial charge in [0.05, 0.1) is 0 Å². The number of amides is 1. The van der Waals surface area contributed by atoms with Crippen molar-refractivity contribution >= 4 is 38.4 Å². The number of aryl methyl sites for hydroxylation is 2. The van der Waals surface area contributed by atoms with Gasteiger partial charge in [0.1, 0.15) is 22.6 Å². The molecule has 1 unspecified atom stereocenters. The van der Waals surface area contributed by atoms with E-state index in [4.69, 9.17) is 0 Å². The van der Waals surface area contributed by atoms with E-state index in [9.17, 15) is 13.6 Å². The van der Waals surface area contributed by atoms with Crippen molar-refractivity contribution < 1.29 is 13.6 Å². The van der Waals surface area contributed by atoms with Gasteiger partial charge in [0.15, 0.2) is 10.8 Å². The third-order valence-electron chi connectivity index (χ3n) is 5.23. The lowest BCUT2D eigenvalue weighted by Crippen LogP contribution is -2.17. The van der Waals surface area contributed by atoms with Gasteiger partial charge in [-0.2, -0.15) is 5.10 Å². The summed E-state index contributed by atoms with van der Waals surface area (Å²) in [5.41, 5.74) is 5.09. The third kappa shape index (κ3) is 3.11. The molecule has 1 fully saturated rings. The second kappa shape index (κ2) is 6.76. The molecular formula is C20H18F2N6OS. The minimum absolute atomic E-state index is 0.264. The molecule has 0 saturated heterocycles. The number of hydrogen-bond acceptors (Lipinski definition) is 6. The molecule has 1 atom stereocenters. The van der Waals surface area contributed by atoms with Crippen LogP contribution in [-0.4, -0.2) is 36.4 Å². The van der Waals surface area contributed by atoms with E-state index in [0.29, 0.717) is 16.0 Å². The predicted octanol–water partition coefficient (Wildman–Crippen LogP) is 4.26. The highest BCUT2D eigenvalue weighted by Gasteiger charge is 2.61. The molecule has 0 radical (unpaired) electrons. The van der Waals surface area contributed by atoms with Crippen molar-refractivity contribution in [1.82, 2.24) is 24.6 Å². The van der Waals surface area contributed by atoms with Crippen molar-refractivity contribution in [2.45, 2.75) is 39.0 Å². The van der Waals surface area contributed by atoms with Crippen molar-refractivity contribution in [2.24, 2.45) is 5.92 Å². The first-order chi connectivity index (χ1) is 14.4. The predicted molar refractivity (Wildman–Crippen MR) is 110 cm³/mol. The number of hydrogen-bond donors (Lipinski definition) is 1. The monoisotopic (exact) mass is 428 g/mol. The molecule has 1 saturated carbocycles. The van der Waals surface area contributed by atoms with Gasteiger partial charge in [0.2, 0.25) is 5.91 Å². The fraction of sp³-hybridized carbons (Fsp3) is 0.350. The molecule has 0 spiro atoms. The van der Waals surface area contributed by atoms with E-state index in [1.54, 1.807) is 4.52 Å². The van der Waals surface area contributed by atoms with Crippen LogP contribution < -0.4 is 5.32 Å². The summed E-state index contributed by atoms with van der Waals surface area (Å²) in [4.78, 5) is 26.1. The van der Waals surface area contributed by atoms with Crippen molar-refractivity contribution in [2.75, 3.05) is 5.32 Å². The van der Waals surface area contributed by atoms with E-state index in [1.807, 2.05) is 19.2 Å². The van der Waals surface area contributed by atoms with Gasteiger partial charge >= 0.3 is 0 Å². The molecule has 4 heterocycles. The number of aromatic nitrogens is 5. The van der Waals surface area contributed by atoms with Gasteiger partial charge in [-0.15, -0.1) is 0 Å². The van der Waals surface area contributed by atoms with Crippen LogP contribution in [0.5, 0.6) is 0 Å². The average Bonchev–Trinajstić information content (AvgIpc) is 3.04. The Morgan fingerprint density at radius 1 is 1.33 bits per heavy atom. The van der Waals surface area contributed by atoms with Gasteiger partial charge in [-0.1, -0.05) is 24.7 Å². The number of pyridine rings is 2. The Kier molecular flexibility index (Phi) is 4.28. The summed E-state index contributed by atoms with van der Waals surface area (Å²) >= 11 is 1.18. The van der Waals surface area contributed by atoms with E-state index >= 15 is 0 Å². The summed E-state index contributed by atoms with van der Waals surface area (Å²) in [5, 5.41) is 7.07. The number of alkyl halides is 2. The lowest BCUT2D eigenvalue weighted by atomic mass is 10.0. The molecule has 1 N–H and O–H groups in total. The number of halogens is 2. The largest absolute Gasteiger partial charge is 0.301 e. The van der Waals surface area contributed by atoms with Crippen LogP contribution in [-0.2, 0) is 11.2 Å². The van der Waals surface area contributed by atoms with Crippen LogP contribution in [0.2, 0.25) is 0 Å². The summed E-state index contributed by atoms with van der Waals surface area (Å²) < 4.78 is 28.0. The zero-order chi connectivity index (χ0) is 21.0. The number of rotatable bonds is 5. The zero-order valence-corrected chi connectivity index (χ0v) is 17.1. The standard InChI is InChI=1S/C20H18F2N6OS/c1-3-4-11-5-10(2)13(8-23-11)12-6-15-18(28-16(12)24-9-25-28)30-19(26-15)27-17(29)14-7-20(14,21)22/h5-6,8-9,14H,3-4,7H2,1-2H3,(H,26,27,29). The van der Waals surface area contributed by atoms with Gasteiger partial charge in [0, 0.05) is 29.4 Å². The minimum atomic E-state index is -2.92. The maximum Gasteiger partial charge on any atom is 0.260 e. The highest BCUT2D eigenvalue weighted by atomic mass is 32.1. The number of anilines is 1. The first-order valence-electron chi connectivity index (χ1n) is 9.65.